The molecule has 0 aliphatic heterocycles. The Kier molecular flexibility index (Phi) is 3.02. The second-order valence-corrected chi connectivity index (χ2v) is 4.57. The van der Waals surface area contributed by atoms with Gasteiger partial charge in [-0.05, 0) is 18.6 Å². The van der Waals surface area contributed by atoms with Crippen molar-refractivity contribution in [3.63, 3.8) is 0 Å². The summed E-state index contributed by atoms with van der Waals surface area (Å²) in [7, 11) is 0. The topological polar surface area (TPSA) is 93.8 Å². The van der Waals surface area contributed by atoms with Crippen molar-refractivity contribution in [2.24, 2.45) is 5.92 Å². The van der Waals surface area contributed by atoms with Crippen LogP contribution in [0, 0.1) is 5.92 Å². The summed E-state index contributed by atoms with van der Waals surface area (Å²) < 4.78 is 12.8. The number of anilines is 2. The van der Waals surface area contributed by atoms with Crippen molar-refractivity contribution >= 4 is 17.5 Å². The lowest BCUT2D eigenvalue weighted by atomic mass is 10.2. The summed E-state index contributed by atoms with van der Waals surface area (Å²) in [6.07, 6.45) is 2.14. The highest BCUT2D eigenvalue weighted by atomic mass is 19.1. The Bertz CT molecular complexity index is 663. The van der Waals surface area contributed by atoms with Crippen molar-refractivity contribution in [3.05, 3.63) is 30.7 Å². The average Bonchev–Trinajstić information content (AvgIpc) is 3.17. The zero-order valence-electron chi connectivity index (χ0n) is 10.5. The van der Waals surface area contributed by atoms with Crippen molar-refractivity contribution in [2.45, 2.75) is 12.6 Å². The first-order valence-electron chi connectivity index (χ1n) is 6.13. The fourth-order valence-corrected chi connectivity index (χ4v) is 1.86. The maximum atomic E-state index is 12.8. The number of pyridine rings is 1. The number of rotatable bonds is 3. The van der Waals surface area contributed by atoms with Crippen molar-refractivity contribution in [1.29, 1.82) is 0 Å². The van der Waals surface area contributed by atoms with E-state index >= 15 is 0 Å². The monoisotopic (exact) mass is 273 g/mol. The van der Waals surface area contributed by atoms with Gasteiger partial charge in [0.1, 0.15) is 24.1 Å². The third-order valence-corrected chi connectivity index (χ3v) is 3.08. The molecule has 0 bridgehead atoms. The summed E-state index contributed by atoms with van der Waals surface area (Å²) >= 11 is 0. The summed E-state index contributed by atoms with van der Waals surface area (Å²) in [6.45, 7) is 0. The molecule has 1 aliphatic carbocycles. The van der Waals surface area contributed by atoms with Gasteiger partial charge in [0, 0.05) is 17.8 Å². The van der Waals surface area contributed by atoms with Crippen LogP contribution in [0.4, 0.5) is 16.0 Å². The zero-order chi connectivity index (χ0) is 14.1. The van der Waals surface area contributed by atoms with Gasteiger partial charge < -0.3 is 11.1 Å². The van der Waals surface area contributed by atoms with Crippen molar-refractivity contribution in [3.8, 4) is 11.3 Å². The number of carbonyl (C=O) groups excluding carboxylic acids is 1. The van der Waals surface area contributed by atoms with E-state index in [0.29, 0.717) is 22.9 Å². The molecule has 2 atom stereocenters. The SMILES string of the molecule is Nc1ncccc1-c1cc(NC(=O)[C@@H]2C[C@@H]2F)ncn1. The fourth-order valence-electron chi connectivity index (χ4n) is 1.86. The normalized spacial score (nSPS) is 20.4. The summed E-state index contributed by atoms with van der Waals surface area (Å²) in [5.41, 5.74) is 6.97. The van der Waals surface area contributed by atoms with Crippen LogP contribution < -0.4 is 11.1 Å². The average molecular weight is 273 g/mol. The largest absolute Gasteiger partial charge is 0.383 e. The molecule has 0 saturated heterocycles. The van der Waals surface area contributed by atoms with E-state index in [9.17, 15) is 9.18 Å². The van der Waals surface area contributed by atoms with Gasteiger partial charge in [0.2, 0.25) is 5.91 Å². The van der Waals surface area contributed by atoms with Crippen molar-refractivity contribution in [1.82, 2.24) is 15.0 Å². The Hall–Kier alpha value is -2.57. The lowest BCUT2D eigenvalue weighted by molar-refractivity contribution is -0.117. The second-order valence-electron chi connectivity index (χ2n) is 4.57. The molecule has 20 heavy (non-hydrogen) atoms. The maximum absolute atomic E-state index is 12.8. The number of nitrogens with two attached hydrogens (primary N) is 1. The van der Waals surface area contributed by atoms with Gasteiger partial charge >= 0.3 is 0 Å². The minimum atomic E-state index is -1.04. The molecule has 2 aromatic rings. The molecule has 102 valence electrons. The van der Waals surface area contributed by atoms with E-state index in [2.05, 4.69) is 20.3 Å². The van der Waals surface area contributed by atoms with Gasteiger partial charge in [-0.15, -0.1) is 0 Å². The van der Waals surface area contributed by atoms with E-state index in [1.165, 1.54) is 6.33 Å². The molecule has 1 aliphatic rings. The predicted molar refractivity (Wildman–Crippen MR) is 71.3 cm³/mol. The molecule has 1 saturated carbocycles. The summed E-state index contributed by atoms with van der Waals surface area (Å²) in [6, 6.07) is 5.10. The molecular formula is C13H12FN5O. The van der Waals surface area contributed by atoms with Crippen LogP contribution >= 0.6 is 0 Å². The van der Waals surface area contributed by atoms with Gasteiger partial charge in [-0.25, -0.2) is 19.3 Å². The molecule has 2 heterocycles. The van der Waals surface area contributed by atoms with Gasteiger partial charge in [-0.2, -0.15) is 0 Å². The third kappa shape index (κ3) is 2.42. The highest BCUT2D eigenvalue weighted by molar-refractivity contribution is 5.94. The number of nitrogens with zero attached hydrogens (tertiary/aromatic N) is 3. The molecule has 6 nitrogen and oxygen atoms in total. The smallest absolute Gasteiger partial charge is 0.231 e. The standard InChI is InChI=1S/C13H12FN5O/c14-9-4-8(9)13(20)19-11-5-10(17-6-18-11)7-2-1-3-16-12(7)15/h1-3,5-6,8-9H,4H2,(H2,15,16)(H,17,18,19,20)/t8-,9+/m1/s1. The number of nitrogens with one attached hydrogen (secondary N) is 1. The lowest BCUT2D eigenvalue weighted by Crippen LogP contribution is -2.16. The van der Waals surface area contributed by atoms with Crippen LogP contribution in [0.5, 0.6) is 0 Å². The van der Waals surface area contributed by atoms with Gasteiger partial charge in [0.15, 0.2) is 0 Å². The molecule has 0 aromatic carbocycles. The number of hydrogen-bond donors (Lipinski definition) is 2. The molecule has 1 amide bonds. The number of halogens is 1. The molecule has 0 radical (unpaired) electrons. The first-order valence-corrected chi connectivity index (χ1v) is 6.13. The van der Waals surface area contributed by atoms with E-state index in [0.717, 1.165) is 0 Å². The summed E-state index contributed by atoms with van der Waals surface area (Å²) in [5, 5.41) is 2.57. The fraction of sp³-hybridized carbons (Fsp3) is 0.231. The Labute approximate surface area is 114 Å². The second kappa shape index (κ2) is 4.84. The van der Waals surface area contributed by atoms with E-state index in [-0.39, 0.29) is 12.3 Å². The zero-order valence-corrected chi connectivity index (χ0v) is 10.5. The lowest BCUT2D eigenvalue weighted by Gasteiger charge is -2.06. The van der Waals surface area contributed by atoms with Crippen molar-refractivity contribution in [2.75, 3.05) is 11.1 Å². The van der Waals surface area contributed by atoms with Gasteiger partial charge in [0.05, 0.1) is 11.6 Å². The molecule has 3 N–H and O–H groups in total. The van der Waals surface area contributed by atoms with Gasteiger partial charge in [0.25, 0.3) is 0 Å². The van der Waals surface area contributed by atoms with Crippen LogP contribution in [0.15, 0.2) is 30.7 Å². The van der Waals surface area contributed by atoms with Crippen LogP contribution in [-0.4, -0.2) is 27.0 Å². The summed E-state index contributed by atoms with van der Waals surface area (Å²) in [4.78, 5) is 23.7. The number of nitrogen functional groups attached to an aromatic ring is 1. The number of hydrogen-bond acceptors (Lipinski definition) is 5. The number of amides is 1. The molecule has 2 aromatic heterocycles. The van der Waals surface area contributed by atoms with Crippen LogP contribution in [0.2, 0.25) is 0 Å². The molecule has 7 heteroatoms. The molecule has 3 rings (SSSR count). The summed E-state index contributed by atoms with van der Waals surface area (Å²) in [5.74, 6) is -0.255. The Morgan fingerprint density at radius 1 is 1.40 bits per heavy atom. The van der Waals surface area contributed by atoms with E-state index < -0.39 is 12.1 Å². The minimum Gasteiger partial charge on any atom is -0.383 e. The molecule has 0 spiro atoms. The van der Waals surface area contributed by atoms with E-state index in [1.54, 1.807) is 24.4 Å². The maximum Gasteiger partial charge on any atom is 0.231 e. The first-order chi connectivity index (χ1) is 9.65. The Morgan fingerprint density at radius 2 is 2.20 bits per heavy atom. The molecule has 1 fully saturated rings. The molecule has 0 unspecified atom stereocenters. The van der Waals surface area contributed by atoms with Gasteiger partial charge in [-0.3, -0.25) is 4.79 Å². The third-order valence-electron chi connectivity index (χ3n) is 3.08. The highest BCUT2D eigenvalue weighted by Crippen LogP contribution is 2.34. The van der Waals surface area contributed by atoms with Crippen LogP contribution in [0.1, 0.15) is 6.42 Å². The number of alkyl halides is 1. The van der Waals surface area contributed by atoms with Crippen LogP contribution in [0.3, 0.4) is 0 Å². The minimum absolute atomic E-state index is 0.277. The Morgan fingerprint density at radius 3 is 2.90 bits per heavy atom. The van der Waals surface area contributed by atoms with Gasteiger partial charge in [-0.1, -0.05) is 0 Å². The van der Waals surface area contributed by atoms with E-state index in [4.69, 9.17) is 5.73 Å². The van der Waals surface area contributed by atoms with E-state index in [1.807, 2.05) is 0 Å². The molecular weight excluding hydrogens is 261 g/mol. The first kappa shape index (κ1) is 12.5. The van der Waals surface area contributed by atoms with Crippen molar-refractivity contribution < 1.29 is 9.18 Å². The van der Waals surface area contributed by atoms with Crippen LogP contribution in [0.25, 0.3) is 11.3 Å². The Balaban J connectivity index is 1.83. The number of aromatic nitrogens is 3. The predicted octanol–water partition coefficient (Wildman–Crippen LogP) is 1.42. The quantitative estimate of drug-likeness (QED) is 0.882. The highest BCUT2D eigenvalue weighted by Gasteiger charge is 2.43. The van der Waals surface area contributed by atoms with Crippen LogP contribution in [-0.2, 0) is 4.79 Å². The number of carbonyl (C=O) groups is 1.